The summed E-state index contributed by atoms with van der Waals surface area (Å²) in [4.78, 5) is 39.3. The molecule has 0 aliphatic rings. The van der Waals surface area contributed by atoms with Crippen molar-refractivity contribution in [3.05, 3.63) is 81.1 Å². The quantitative estimate of drug-likeness (QED) is 0.661. The largest absolute Gasteiger partial charge is 0.469 e. The van der Waals surface area contributed by atoms with Crippen LogP contribution in [0, 0.1) is 0 Å². The van der Waals surface area contributed by atoms with Crippen LogP contribution in [0.5, 0.6) is 0 Å². The molecule has 0 aliphatic carbocycles. The van der Waals surface area contributed by atoms with Crippen LogP contribution in [0.2, 0.25) is 5.02 Å². The van der Waals surface area contributed by atoms with Crippen molar-refractivity contribution < 1.29 is 14.3 Å². The molecule has 138 valence electrons. The van der Waals surface area contributed by atoms with Crippen LogP contribution in [0.25, 0.3) is 10.9 Å². The number of nitrogens with one attached hydrogen (secondary N) is 2. The molecule has 3 aromatic rings. The molecule has 1 aromatic heterocycles. The van der Waals surface area contributed by atoms with E-state index in [1.165, 1.54) is 13.2 Å². The molecule has 1 unspecified atom stereocenters. The molecule has 6 nitrogen and oxygen atoms in total. The van der Waals surface area contributed by atoms with E-state index in [2.05, 4.69) is 10.3 Å². The normalized spacial score (nSPS) is 11.8. The number of halogens is 1. The predicted molar refractivity (Wildman–Crippen MR) is 103 cm³/mol. The minimum Gasteiger partial charge on any atom is -0.469 e. The van der Waals surface area contributed by atoms with Gasteiger partial charge >= 0.3 is 5.97 Å². The molecule has 0 saturated carbocycles. The highest BCUT2D eigenvalue weighted by molar-refractivity contribution is 6.30. The van der Waals surface area contributed by atoms with Crippen LogP contribution in [0.4, 0.5) is 0 Å². The fourth-order valence-corrected chi connectivity index (χ4v) is 2.95. The third-order valence-corrected chi connectivity index (χ3v) is 4.42. The lowest BCUT2D eigenvalue weighted by atomic mass is 10.0. The van der Waals surface area contributed by atoms with Crippen molar-refractivity contribution in [1.29, 1.82) is 0 Å². The summed E-state index contributed by atoms with van der Waals surface area (Å²) >= 11 is 5.92. The number of esters is 1. The van der Waals surface area contributed by atoms with Crippen LogP contribution in [0.15, 0.2) is 59.4 Å². The number of para-hydroxylation sites is 1. The van der Waals surface area contributed by atoms with E-state index < -0.39 is 17.9 Å². The number of benzene rings is 2. The van der Waals surface area contributed by atoms with Gasteiger partial charge in [-0.1, -0.05) is 41.9 Å². The fraction of sp³-hybridized carbons (Fsp3) is 0.150. The number of ether oxygens (including phenoxy) is 1. The SMILES string of the molecule is COC(=O)CC(NC(=O)c1cc(=O)[nH]c2ccccc12)c1ccc(Cl)cc1. The molecule has 1 heterocycles. The van der Waals surface area contributed by atoms with Gasteiger partial charge in [0.25, 0.3) is 5.91 Å². The standard InChI is InChI=1S/C20H17ClN2O4/c1-27-19(25)11-17(12-6-8-13(21)9-7-12)23-20(26)15-10-18(24)22-16-5-3-2-4-14(15)16/h2-10,17H,11H2,1H3,(H,22,24)(H,23,26). The van der Waals surface area contributed by atoms with Crippen LogP contribution in [-0.4, -0.2) is 24.0 Å². The number of hydrogen-bond donors (Lipinski definition) is 2. The Kier molecular flexibility index (Phi) is 5.57. The fourth-order valence-electron chi connectivity index (χ4n) is 2.83. The molecule has 27 heavy (non-hydrogen) atoms. The number of pyridine rings is 1. The maximum atomic E-state index is 12.9. The molecule has 0 bridgehead atoms. The average molecular weight is 385 g/mol. The van der Waals surface area contributed by atoms with Crippen molar-refractivity contribution >= 4 is 34.4 Å². The lowest BCUT2D eigenvalue weighted by molar-refractivity contribution is -0.141. The molecule has 0 radical (unpaired) electrons. The van der Waals surface area contributed by atoms with Crippen LogP contribution >= 0.6 is 11.6 Å². The molecule has 0 spiro atoms. The number of methoxy groups -OCH3 is 1. The molecule has 1 atom stereocenters. The molecule has 1 amide bonds. The van der Waals surface area contributed by atoms with Crippen molar-refractivity contribution in [2.75, 3.05) is 7.11 Å². The van der Waals surface area contributed by atoms with E-state index in [9.17, 15) is 14.4 Å². The number of carbonyl (C=O) groups is 2. The first-order valence-electron chi connectivity index (χ1n) is 8.23. The number of aromatic amines is 1. The second-order valence-electron chi connectivity index (χ2n) is 5.95. The Morgan fingerprint density at radius 3 is 2.56 bits per heavy atom. The van der Waals surface area contributed by atoms with E-state index >= 15 is 0 Å². The Morgan fingerprint density at radius 1 is 1.15 bits per heavy atom. The van der Waals surface area contributed by atoms with Gasteiger partial charge < -0.3 is 15.0 Å². The number of fused-ring (bicyclic) bond motifs is 1. The Balaban J connectivity index is 1.96. The summed E-state index contributed by atoms with van der Waals surface area (Å²) in [6.45, 7) is 0. The van der Waals surface area contributed by atoms with Gasteiger partial charge in [0.05, 0.1) is 25.1 Å². The lowest BCUT2D eigenvalue weighted by Gasteiger charge is -2.19. The van der Waals surface area contributed by atoms with Crippen LogP contribution < -0.4 is 10.9 Å². The number of rotatable bonds is 5. The maximum absolute atomic E-state index is 12.9. The van der Waals surface area contributed by atoms with Gasteiger partial charge in [0.15, 0.2) is 0 Å². The van der Waals surface area contributed by atoms with Gasteiger partial charge in [0.1, 0.15) is 0 Å². The van der Waals surface area contributed by atoms with E-state index in [-0.39, 0.29) is 17.5 Å². The smallest absolute Gasteiger partial charge is 0.307 e. The van der Waals surface area contributed by atoms with Crippen molar-refractivity contribution in [1.82, 2.24) is 10.3 Å². The minimum atomic E-state index is -0.625. The van der Waals surface area contributed by atoms with Crippen molar-refractivity contribution in [3.8, 4) is 0 Å². The number of amides is 1. The van der Waals surface area contributed by atoms with E-state index in [1.54, 1.807) is 48.5 Å². The number of aromatic nitrogens is 1. The highest BCUT2D eigenvalue weighted by atomic mass is 35.5. The molecule has 0 saturated heterocycles. The summed E-state index contributed by atoms with van der Waals surface area (Å²) < 4.78 is 4.73. The van der Waals surface area contributed by atoms with E-state index in [0.717, 1.165) is 0 Å². The van der Waals surface area contributed by atoms with Crippen LogP contribution in [0.1, 0.15) is 28.4 Å². The molecule has 3 rings (SSSR count). The van der Waals surface area contributed by atoms with Crippen molar-refractivity contribution in [2.45, 2.75) is 12.5 Å². The molecule has 7 heteroatoms. The molecular formula is C20H17ClN2O4. The first kappa shape index (κ1) is 18.7. The van der Waals surface area contributed by atoms with Gasteiger partial charge in [-0.05, 0) is 23.8 Å². The highest BCUT2D eigenvalue weighted by Crippen LogP contribution is 2.22. The Morgan fingerprint density at radius 2 is 1.85 bits per heavy atom. The number of carbonyl (C=O) groups excluding carboxylic acids is 2. The Hall–Kier alpha value is -3.12. The highest BCUT2D eigenvalue weighted by Gasteiger charge is 2.21. The van der Waals surface area contributed by atoms with Gasteiger partial charge in [-0.25, -0.2) is 0 Å². The van der Waals surface area contributed by atoms with Crippen LogP contribution in [-0.2, 0) is 9.53 Å². The Bertz CT molecular complexity index is 1040. The summed E-state index contributed by atoms with van der Waals surface area (Å²) in [6, 6.07) is 14.5. The maximum Gasteiger partial charge on any atom is 0.307 e. The minimum absolute atomic E-state index is 0.0506. The third-order valence-electron chi connectivity index (χ3n) is 4.17. The molecule has 0 aliphatic heterocycles. The van der Waals surface area contributed by atoms with Gasteiger partial charge in [-0.2, -0.15) is 0 Å². The van der Waals surface area contributed by atoms with Gasteiger partial charge in [0, 0.05) is 22.0 Å². The van der Waals surface area contributed by atoms with E-state index in [1.807, 2.05) is 0 Å². The monoisotopic (exact) mass is 384 g/mol. The summed E-state index contributed by atoms with van der Waals surface area (Å²) in [5, 5.41) is 3.98. The Labute approximate surface area is 160 Å². The van der Waals surface area contributed by atoms with Crippen molar-refractivity contribution in [2.24, 2.45) is 0 Å². The lowest BCUT2D eigenvalue weighted by Crippen LogP contribution is -2.31. The first-order chi connectivity index (χ1) is 13.0. The summed E-state index contributed by atoms with van der Waals surface area (Å²) in [6.07, 6.45) is -0.0506. The predicted octanol–water partition coefficient (Wildman–Crippen LogP) is 3.22. The summed E-state index contributed by atoms with van der Waals surface area (Å²) in [5.74, 6) is -0.924. The van der Waals surface area contributed by atoms with E-state index in [0.29, 0.717) is 21.5 Å². The van der Waals surface area contributed by atoms with E-state index in [4.69, 9.17) is 16.3 Å². The molecule has 2 N–H and O–H groups in total. The zero-order valence-electron chi connectivity index (χ0n) is 14.5. The molecular weight excluding hydrogens is 368 g/mol. The number of H-pyrrole nitrogens is 1. The van der Waals surface area contributed by atoms with Gasteiger partial charge in [0.2, 0.25) is 5.56 Å². The van der Waals surface area contributed by atoms with Gasteiger partial charge in [-0.15, -0.1) is 0 Å². The van der Waals surface area contributed by atoms with Crippen molar-refractivity contribution in [3.63, 3.8) is 0 Å². The van der Waals surface area contributed by atoms with Crippen LogP contribution in [0.3, 0.4) is 0 Å². The summed E-state index contributed by atoms with van der Waals surface area (Å²) in [7, 11) is 1.29. The number of hydrogen-bond acceptors (Lipinski definition) is 4. The zero-order chi connectivity index (χ0) is 19.4. The topological polar surface area (TPSA) is 88.3 Å². The second-order valence-corrected chi connectivity index (χ2v) is 6.39. The zero-order valence-corrected chi connectivity index (χ0v) is 15.2. The van der Waals surface area contributed by atoms with Gasteiger partial charge in [-0.3, -0.25) is 14.4 Å². The average Bonchev–Trinajstić information content (AvgIpc) is 2.67. The molecule has 2 aromatic carbocycles. The third kappa shape index (κ3) is 4.35. The summed E-state index contributed by atoms with van der Waals surface area (Å²) in [5.41, 5.74) is 1.12. The molecule has 0 fully saturated rings. The second kappa shape index (κ2) is 8.05. The first-order valence-corrected chi connectivity index (χ1v) is 8.61.